The molecular weight excluding hydrogens is 489 g/mol. The highest BCUT2D eigenvalue weighted by Crippen LogP contribution is 2.39. The molecule has 2 aromatic carbocycles. The van der Waals surface area contributed by atoms with Crippen molar-refractivity contribution in [1.82, 2.24) is 0 Å². The zero-order valence-electron chi connectivity index (χ0n) is 18.5. The molecule has 0 bridgehead atoms. The van der Waals surface area contributed by atoms with Gasteiger partial charge in [0.25, 0.3) is 0 Å². The van der Waals surface area contributed by atoms with Crippen molar-refractivity contribution in [2.75, 3.05) is 12.4 Å². The van der Waals surface area contributed by atoms with Crippen molar-refractivity contribution in [3.05, 3.63) is 59.7 Å². The van der Waals surface area contributed by atoms with E-state index in [2.05, 4.69) is 16.6 Å². The van der Waals surface area contributed by atoms with E-state index in [9.17, 15) is 30.9 Å². The number of esters is 1. The van der Waals surface area contributed by atoms with E-state index in [0.717, 1.165) is 37.5 Å². The first-order valence-corrected chi connectivity index (χ1v) is 12.3. The smallest absolute Gasteiger partial charge is 0.573 e. The summed E-state index contributed by atoms with van der Waals surface area (Å²) in [6.45, 7) is -0.700. The maximum atomic E-state index is 13.0. The predicted molar refractivity (Wildman–Crippen MR) is 118 cm³/mol. The van der Waals surface area contributed by atoms with E-state index < -0.39 is 46.2 Å². The number of carbonyl (C=O) groups is 1. The molecule has 0 heterocycles. The summed E-state index contributed by atoms with van der Waals surface area (Å²) in [5, 5.41) is 0. The summed E-state index contributed by atoms with van der Waals surface area (Å²) < 4.78 is 86.0. The summed E-state index contributed by atoms with van der Waals surface area (Å²) in [5.74, 6) is 3.07. The fraction of sp³-hybridized carbons (Fsp3) is 0.375. The van der Waals surface area contributed by atoms with Crippen LogP contribution in [-0.4, -0.2) is 43.3 Å². The van der Waals surface area contributed by atoms with Crippen LogP contribution in [0.25, 0.3) is 0 Å². The Labute approximate surface area is 200 Å². The number of halogens is 3. The van der Waals surface area contributed by atoms with Gasteiger partial charge < -0.3 is 18.8 Å². The summed E-state index contributed by atoms with van der Waals surface area (Å²) in [7, 11) is -4.61. The second-order valence-corrected chi connectivity index (χ2v) is 9.40. The third-order valence-electron chi connectivity index (χ3n) is 5.15. The third-order valence-corrected chi connectivity index (χ3v) is 5.81. The minimum absolute atomic E-state index is 0.209. The molecule has 0 aliphatic heterocycles. The van der Waals surface area contributed by atoms with Crippen LogP contribution in [0.15, 0.2) is 48.5 Å². The molecular formula is C24H22F3O7S-. The van der Waals surface area contributed by atoms with Gasteiger partial charge in [0, 0.05) is 5.56 Å². The Balaban J connectivity index is 1.93. The molecule has 0 saturated heterocycles. The van der Waals surface area contributed by atoms with Gasteiger partial charge in [0.2, 0.25) is 0 Å². The lowest BCUT2D eigenvalue weighted by atomic mass is 9.84. The molecule has 0 amide bonds. The predicted octanol–water partition coefficient (Wildman–Crippen LogP) is 4.42. The van der Waals surface area contributed by atoms with Crippen molar-refractivity contribution in [3.63, 3.8) is 0 Å². The van der Waals surface area contributed by atoms with Gasteiger partial charge in [0.05, 0.1) is 21.4 Å². The molecule has 11 heteroatoms. The molecule has 35 heavy (non-hydrogen) atoms. The molecule has 1 aliphatic carbocycles. The first-order chi connectivity index (χ1) is 16.4. The maximum Gasteiger partial charge on any atom is 0.573 e. The standard InChI is InChI=1S/C24H23F3O7S/c25-24(26,27)34-20-10-9-19(22(28)32-15-16-35(29,30)31)17-21(20)33-23(12-5-2-6-13-23)14-11-18-7-3-1-4-8-18/h1,3-4,7-10,17H,2,5-6,12-13,15-16H2,(H,29,30,31)/p-1. The lowest BCUT2D eigenvalue weighted by Crippen LogP contribution is -2.37. The molecule has 0 N–H and O–H groups in total. The molecule has 1 saturated carbocycles. The van der Waals surface area contributed by atoms with Gasteiger partial charge in [-0.2, -0.15) is 0 Å². The van der Waals surface area contributed by atoms with Crippen LogP contribution in [0.1, 0.15) is 48.0 Å². The zero-order valence-corrected chi connectivity index (χ0v) is 19.3. The lowest BCUT2D eigenvalue weighted by Gasteiger charge is -2.34. The van der Waals surface area contributed by atoms with Gasteiger partial charge in [-0.05, 0) is 56.0 Å². The first-order valence-electron chi connectivity index (χ1n) is 10.7. The fourth-order valence-corrected chi connectivity index (χ4v) is 3.82. The van der Waals surface area contributed by atoms with Gasteiger partial charge in [-0.15, -0.1) is 13.2 Å². The molecule has 0 spiro atoms. The number of alkyl halides is 3. The fourth-order valence-electron chi connectivity index (χ4n) is 3.54. The Hall–Kier alpha value is -3.23. The van der Waals surface area contributed by atoms with E-state index >= 15 is 0 Å². The van der Waals surface area contributed by atoms with Crippen molar-refractivity contribution in [2.45, 2.75) is 44.1 Å². The van der Waals surface area contributed by atoms with Crippen molar-refractivity contribution in [1.29, 1.82) is 0 Å². The van der Waals surface area contributed by atoms with Crippen LogP contribution in [0, 0.1) is 11.8 Å². The van der Waals surface area contributed by atoms with Crippen LogP contribution < -0.4 is 9.47 Å². The number of hydrogen-bond acceptors (Lipinski definition) is 7. The summed E-state index contributed by atoms with van der Waals surface area (Å²) in [6.07, 6.45) is -1.71. The largest absolute Gasteiger partial charge is 0.748 e. The molecule has 3 rings (SSSR count). The molecule has 7 nitrogen and oxygen atoms in total. The van der Waals surface area contributed by atoms with Gasteiger partial charge in [-0.1, -0.05) is 36.5 Å². The van der Waals surface area contributed by atoms with Gasteiger partial charge >= 0.3 is 12.3 Å². The SMILES string of the molecule is O=C(OCCS(=O)(=O)[O-])c1ccc(OC(F)(F)F)c(OC2(C#Cc3ccccc3)CCCCC2)c1. The molecule has 1 fully saturated rings. The third kappa shape index (κ3) is 8.49. The Morgan fingerprint density at radius 1 is 1.03 bits per heavy atom. The molecule has 0 aromatic heterocycles. The van der Waals surface area contributed by atoms with E-state index in [-0.39, 0.29) is 11.3 Å². The van der Waals surface area contributed by atoms with Gasteiger partial charge in [0.1, 0.15) is 6.61 Å². The number of carbonyl (C=O) groups excluding carboxylic acids is 1. The Bertz CT molecular complexity index is 1190. The van der Waals surface area contributed by atoms with Crippen LogP contribution in [0.2, 0.25) is 0 Å². The number of benzene rings is 2. The van der Waals surface area contributed by atoms with Gasteiger partial charge in [-0.3, -0.25) is 0 Å². The Morgan fingerprint density at radius 2 is 1.71 bits per heavy atom. The highest BCUT2D eigenvalue weighted by molar-refractivity contribution is 7.85. The van der Waals surface area contributed by atoms with Crippen LogP contribution in [0.5, 0.6) is 11.5 Å². The maximum absolute atomic E-state index is 13.0. The Morgan fingerprint density at radius 3 is 2.34 bits per heavy atom. The summed E-state index contributed by atoms with van der Waals surface area (Å²) >= 11 is 0. The van der Waals surface area contributed by atoms with Crippen LogP contribution >= 0.6 is 0 Å². The summed E-state index contributed by atoms with van der Waals surface area (Å²) in [6, 6.07) is 12.0. The number of ether oxygens (including phenoxy) is 3. The van der Waals surface area contributed by atoms with E-state index in [1.807, 2.05) is 6.07 Å². The lowest BCUT2D eigenvalue weighted by molar-refractivity contribution is -0.275. The minimum atomic E-state index is -5.02. The van der Waals surface area contributed by atoms with Crippen molar-refractivity contribution < 1.29 is 45.1 Å². The zero-order chi connectivity index (χ0) is 25.5. The molecule has 0 unspecified atom stereocenters. The van der Waals surface area contributed by atoms with Crippen molar-refractivity contribution >= 4 is 16.1 Å². The second-order valence-electron chi connectivity index (χ2n) is 7.88. The van der Waals surface area contributed by atoms with Crippen LogP contribution in [0.4, 0.5) is 13.2 Å². The summed E-state index contributed by atoms with van der Waals surface area (Å²) in [4.78, 5) is 12.3. The van der Waals surface area contributed by atoms with Crippen LogP contribution in [-0.2, 0) is 14.9 Å². The molecule has 0 atom stereocenters. The van der Waals surface area contributed by atoms with E-state index in [0.29, 0.717) is 18.4 Å². The van der Waals surface area contributed by atoms with Crippen molar-refractivity contribution in [2.24, 2.45) is 0 Å². The topological polar surface area (TPSA) is 102 Å². The normalized spacial score (nSPS) is 15.4. The van der Waals surface area contributed by atoms with E-state index in [1.54, 1.807) is 24.3 Å². The highest BCUT2D eigenvalue weighted by atomic mass is 32.2. The quantitative estimate of drug-likeness (QED) is 0.308. The molecule has 188 valence electrons. The molecule has 2 aromatic rings. The number of rotatable bonds is 7. The molecule has 1 aliphatic rings. The highest BCUT2D eigenvalue weighted by Gasteiger charge is 2.37. The first kappa shape index (κ1) is 26.4. The Kier molecular flexibility index (Phi) is 8.30. The minimum Gasteiger partial charge on any atom is -0.748 e. The van der Waals surface area contributed by atoms with Gasteiger partial charge in [-0.25, -0.2) is 13.2 Å². The summed E-state index contributed by atoms with van der Waals surface area (Å²) in [5.41, 5.74) is -0.616. The van der Waals surface area contributed by atoms with Gasteiger partial charge in [0.15, 0.2) is 17.1 Å². The van der Waals surface area contributed by atoms with Crippen LogP contribution in [0.3, 0.4) is 0 Å². The monoisotopic (exact) mass is 511 g/mol. The van der Waals surface area contributed by atoms with E-state index in [4.69, 9.17) is 9.47 Å². The van der Waals surface area contributed by atoms with Crippen molar-refractivity contribution in [3.8, 4) is 23.3 Å². The second kappa shape index (κ2) is 11.0. The van der Waals surface area contributed by atoms with E-state index in [1.165, 1.54) is 0 Å². The average molecular weight is 511 g/mol. The molecule has 0 radical (unpaired) electrons. The average Bonchev–Trinajstić information content (AvgIpc) is 2.78. The number of hydrogen-bond donors (Lipinski definition) is 0.